The number of nitrogens with one attached hydrogen (secondary N) is 1. The third kappa shape index (κ3) is 4.28. The van der Waals surface area contributed by atoms with Crippen LogP contribution in [0.2, 0.25) is 0 Å². The maximum Gasteiger partial charge on any atom is 0.322 e. The van der Waals surface area contributed by atoms with Gasteiger partial charge in [0.2, 0.25) is 0 Å². The van der Waals surface area contributed by atoms with E-state index in [1.165, 1.54) is 6.07 Å². The number of hydrogen-bond donors (Lipinski definition) is 1. The number of anilines is 1. The van der Waals surface area contributed by atoms with Crippen molar-refractivity contribution in [2.24, 2.45) is 5.92 Å². The highest BCUT2D eigenvalue weighted by Gasteiger charge is 2.27. The van der Waals surface area contributed by atoms with E-state index in [2.05, 4.69) is 5.32 Å². The van der Waals surface area contributed by atoms with Crippen molar-refractivity contribution in [1.82, 2.24) is 4.90 Å². The van der Waals surface area contributed by atoms with Gasteiger partial charge in [-0.15, -0.1) is 0 Å². The summed E-state index contributed by atoms with van der Waals surface area (Å²) in [5.41, 5.74) is 0.0477. The third-order valence-electron chi connectivity index (χ3n) is 4.15. The van der Waals surface area contributed by atoms with Gasteiger partial charge >= 0.3 is 6.03 Å². The highest BCUT2D eigenvalue weighted by molar-refractivity contribution is 5.91. The minimum atomic E-state index is -0.533. The second-order valence-electron chi connectivity index (χ2n) is 6.01. The Morgan fingerprint density at radius 3 is 2.80 bits per heavy atom. The van der Waals surface area contributed by atoms with Crippen LogP contribution in [-0.4, -0.2) is 37.7 Å². The van der Waals surface area contributed by atoms with Gasteiger partial charge in [0.25, 0.3) is 0 Å². The Balaban J connectivity index is 1.72. The van der Waals surface area contributed by atoms with Crippen LogP contribution in [0.3, 0.4) is 0 Å². The fraction of sp³-hybridized carbons (Fsp3) is 0.316. The van der Waals surface area contributed by atoms with Crippen LogP contribution >= 0.6 is 0 Å². The number of amides is 2. The monoisotopic (exact) mass is 344 g/mol. The first-order valence-corrected chi connectivity index (χ1v) is 8.23. The van der Waals surface area contributed by atoms with Crippen LogP contribution in [0, 0.1) is 11.7 Å². The topological polar surface area (TPSA) is 50.8 Å². The molecule has 1 aliphatic heterocycles. The van der Waals surface area contributed by atoms with Crippen molar-refractivity contribution in [2.45, 2.75) is 6.42 Å². The van der Waals surface area contributed by atoms with Gasteiger partial charge in [-0.1, -0.05) is 24.3 Å². The van der Waals surface area contributed by atoms with E-state index in [9.17, 15) is 9.18 Å². The average Bonchev–Trinajstić information content (AvgIpc) is 3.08. The Morgan fingerprint density at radius 2 is 2.04 bits per heavy atom. The number of hydrogen-bond acceptors (Lipinski definition) is 3. The quantitative estimate of drug-likeness (QED) is 0.888. The number of methoxy groups -OCH3 is 1. The summed E-state index contributed by atoms with van der Waals surface area (Å²) in [6.45, 7) is 1.85. The van der Waals surface area contributed by atoms with E-state index in [1.807, 2.05) is 18.2 Å². The van der Waals surface area contributed by atoms with E-state index in [0.29, 0.717) is 31.4 Å². The summed E-state index contributed by atoms with van der Waals surface area (Å²) in [4.78, 5) is 14.1. The largest absolute Gasteiger partial charge is 0.455 e. The maximum absolute atomic E-state index is 14.3. The Bertz CT molecular complexity index is 724. The summed E-state index contributed by atoms with van der Waals surface area (Å²) >= 11 is 0. The molecule has 5 nitrogen and oxygen atoms in total. The predicted octanol–water partition coefficient (Wildman–Crippen LogP) is 4.12. The molecule has 25 heavy (non-hydrogen) atoms. The standard InChI is InChI=1S/C19H21FN2O3/c1-24-13-14-10-11-22(12-14)19(23)21-18-16(20)8-5-9-17(18)25-15-6-3-2-4-7-15/h2-9,14H,10-13H2,1H3,(H,21,23)/t14-/m1/s1. The summed E-state index contributed by atoms with van der Waals surface area (Å²) in [5.74, 6) is 0.628. The lowest BCUT2D eigenvalue weighted by Gasteiger charge is -2.19. The molecule has 1 saturated heterocycles. The number of rotatable bonds is 5. The number of para-hydroxylation sites is 2. The molecule has 1 fully saturated rings. The summed E-state index contributed by atoms with van der Waals surface area (Å²) < 4.78 is 25.1. The number of ether oxygens (including phenoxy) is 2. The zero-order valence-electron chi connectivity index (χ0n) is 14.1. The molecule has 132 valence electrons. The molecule has 2 aromatic rings. The SMILES string of the molecule is COC[C@@H]1CCN(C(=O)Nc2c(F)cccc2Oc2ccccc2)C1. The molecule has 2 aromatic carbocycles. The normalized spacial score (nSPS) is 16.7. The first-order chi connectivity index (χ1) is 12.2. The highest BCUT2D eigenvalue weighted by Crippen LogP contribution is 2.32. The second-order valence-corrected chi connectivity index (χ2v) is 6.01. The first-order valence-electron chi connectivity index (χ1n) is 8.23. The molecule has 0 spiro atoms. The summed E-state index contributed by atoms with van der Waals surface area (Å²) in [7, 11) is 1.65. The van der Waals surface area contributed by atoms with Gasteiger partial charge in [0.1, 0.15) is 11.4 Å². The van der Waals surface area contributed by atoms with Crippen LogP contribution < -0.4 is 10.1 Å². The van der Waals surface area contributed by atoms with E-state index in [-0.39, 0.29) is 17.5 Å². The van der Waals surface area contributed by atoms with Gasteiger partial charge in [-0.3, -0.25) is 0 Å². The van der Waals surface area contributed by atoms with Gasteiger partial charge in [-0.25, -0.2) is 9.18 Å². The molecule has 0 bridgehead atoms. The number of halogens is 1. The van der Waals surface area contributed by atoms with E-state index in [1.54, 1.807) is 36.3 Å². The fourth-order valence-corrected chi connectivity index (χ4v) is 2.90. The predicted molar refractivity (Wildman–Crippen MR) is 93.5 cm³/mol. The van der Waals surface area contributed by atoms with E-state index in [0.717, 1.165) is 6.42 Å². The lowest BCUT2D eigenvalue weighted by atomic mass is 10.1. The molecule has 1 atom stereocenters. The summed E-state index contributed by atoms with van der Waals surface area (Å²) in [6, 6.07) is 13.2. The minimum Gasteiger partial charge on any atom is -0.455 e. The molecular weight excluding hydrogens is 323 g/mol. The van der Waals surface area contributed by atoms with Crippen molar-refractivity contribution < 1.29 is 18.7 Å². The molecule has 1 aliphatic rings. The number of carbonyl (C=O) groups excluding carboxylic acids is 1. The van der Waals surface area contributed by atoms with Gasteiger partial charge in [0.05, 0.1) is 6.61 Å². The number of likely N-dealkylation sites (tertiary alicyclic amines) is 1. The zero-order chi connectivity index (χ0) is 17.6. The van der Waals surface area contributed by atoms with Crippen molar-refractivity contribution in [3.8, 4) is 11.5 Å². The molecule has 0 aromatic heterocycles. The lowest BCUT2D eigenvalue weighted by Crippen LogP contribution is -2.33. The van der Waals surface area contributed by atoms with Gasteiger partial charge < -0.3 is 19.7 Å². The van der Waals surface area contributed by atoms with Crippen LogP contribution in [0.1, 0.15) is 6.42 Å². The van der Waals surface area contributed by atoms with Crippen molar-refractivity contribution >= 4 is 11.7 Å². The van der Waals surface area contributed by atoms with Crippen LogP contribution in [0.5, 0.6) is 11.5 Å². The molecule has 2 amide bonds. The second kappa shape index (κ2) is 7.98. The molecule has 0 saturated carbocycles. The van der Waals surface area contributed by atoms with Gasteiger partial charge in [-0.2, -0.15) is 0 Å². The zero-order valence-corrected chi connectivity index (χ0v) is 14.1. The van der Waals surface area contributed by atoms with Crippen molar-refractivity contribution in [3.05, 3.63) is 54.3 Å². The number of urea groups is 1. The molecule has 0 radical (unpaired) electrons. The van der Waals surface area contributed by atoms with Gasteiger partial charge in [0, 0.05) is 26.1 Å². The third-order valence-corrected chi connectivity index (χ3v) is 4.15. The fourth-order valence-electron chi connectivity index (χ4n) is 2.90. The average molecular weight is 344 g/mol. The van der Waals surface area contributed by atoms with Crippen molar-refractivity contribution in [3.63, 3.8) is 0 Å². The molecule has 1 N–H and O–H groups in total. The highest BCUT2D eigenvalue weighted by atomic mass is 19.1. The first kappa shape index (κ1) is 17.2. The van der Waals surface area contributed by atoms with Crippen LogP contribution in [0.25, 0.3) is 0 Å². The molecule has 1 heterocycles. The minimum absolute atomic E-state index is 0.0477. The molecule has 3 rings (SSSR count). The van der Waals surface area contributed by atoms with Crippen LogP contribution in [0.4, 0.5) is 14.9 Å². The van der Waals surface area contributed by atoms with Crippen LogP contribution in [-0.2, 0) is 4.74 Å². The Morgan fingerprint density at radius 1 is 1.24 bits per heavy atom. The number of carbonyl (C=O) groups is 1. The molecular formula is C19H21FN2O3. The van der Waals surface area contributed by atoms with Crippen LogP contribution in [0.15, 0.2) is 48.5 Å². The van der Waals surface area contributed by atoms with Gasteiger partial charge in [0.15, 0.2) is 11.6 Å². The van der Waals surface area contributed by atoms with E-state index in [4.69, 9.17) is 9.47 Å². The maximum atomic E-state index is 14.3. The smallest absolute Gasteiger partial charge is 0.322 e. The number of nitrogens with zero attached hydrogens (tertiary/aromatic N) is 1. The Labute approximate surface area is 146 Å². The van der Waals surface area contributed by atoms with Gasteiger partial charge in [-0.05, 0) is 30.7 Å². The van der Waals surface area contributed by atoms with E-state index >= 15 is 0 Å². The lowest BCUT2D eigenvalue weighted by molar-refractivity contribution is 0.154. The van der Waals surface area contributed by atoms with Crippen molar-refractivity contribution in [2.75, 3.05) is 32.1 Å². The van der Waals surface area contributed by atoms with E-state index < -0.39 is 5.82 Å². The number of benzene rings is 2. The molecule has 0 unspecified atom stereocenters. The summed E-state index contributed by atoms with van der Waals surface area (Å²) in [6.07, 6.45) is 0.881. The molecule has 0 aliphatic carbocycles. The van der Waals surface area contributed by atoms with Crippen molar-refractivity contribution in [1.29, 1.82) is 0 Å². The molecule has 6 heteroatoms. The Hall–Kier alpha value is -2.60. The Kier molecular flexibility index (Phi) is 5.50. The summed E-state index contributed by atoms with van der Waals surface area (Å²) in [5, 5.41) is 2.65.